The first-order valence-corrected chi connectivity index (χ1v) is 11.8. The highest BCUT2D eigenvalue weighted by Crippen LogP contribution is 2.37. The molecule has 9 heteroatoms. The van der Waals surface area contributed by atoms with Crippen LogP contribution in [0.3, 0.4) is 0 Å². The maximum Gasteiger partial charge on any atom is 0.416 e. The summed E-state index contributed by atoms with van der Waals surface area (Å²) in [5.74, 6) is 1.92. The van der Waals surface area contributed by atoms with E-state index >= 15 is 0 Å². The van der Waals surface area contributed by atoms with Crippen LogP contribution in [0, 0.1) is 19.8 Å². The first-order chi connectivity index (χ1) is 16.2. The second kappa shape index (κ2) is 8.85. The van der Waals surface area contributed by atoms with Crippen molar-refractivity contribution in [3.8, 4) is 0 Å². The Morgan fingerprint density at radius 3 is 2.68 bits per heavy atom. The van der Waals surface area contributed by atoms with Gasteiger partial charge in [0.15, 0.2) is 0 Å². The van der Waals surface area contributed by atoms with Crippen LogP contribution >= 0.6 is 0 Å². The van der Waals surface area contributed by atoms with Crippen molar-refractivity contribution in [2.45, 2.75) is 58.9 Å². The second-order valence-electron chi connectivity index (χ2n) is 9.53. The number of hydrogen-bond donors (Lipinski definition) is 1. The summed E-state index contributed by atoms with van der Waals surface area (Å²) in [5.41, 5.74) is 3.53. The van der Waals surface area contributed by atoms with Crippen molar-refractivity contribution in [2.75, 3.05) is 25.1 Å². The number of aryl methyl sites for hydroxylation is 1. The Morgan fingerprint density at radius 1 is 1.18 bits per heavy atom. The zero-order valence-electron chi connectivity index (χ0n) is 19.7. The van der Waals surface area contributed by atoms with Gasteiger partial charge in [-0.05, 0) is 56.7 Å². The number of anilines is 1. The molecule has 1 aromatic carbocycles. The molecule has 1 fully saturated rings. The molecule has 0 bridgehead atoms. The number of rotatable bonds is 5. The number of fused-ring (bicyclic) bond motifs is 3. The Bertz CT molecular complexity index is 1200. The molecule has 0 radical (unpaired) electrons. The first-order valence-electron chi connectivity index (χ1n) is 11.8. The van der Waals surface area contributed by atoms with E-state index in [1.165, 1.54) is 13.0 Å². The summed E-state index contributed by atoms with van der Waals surface area (Å²) in [5, 5.41) is 3.43. The molecule has 0 spiro atoms. The van der Waals surface area contributed by atoms with E-state index in [1.54, 1.807) is 6.07 Å². The van der Waals surface area contributed by atoms with Crippen LogP contribution in [0.25, 0.3) is 5.78 Å². The van der Waals surface area contributed by atoms with E-state index in [4.69, 9.17) is 9.72 Å². The Hall–Kier alpha value is -2.65. The minimum atomic E-state index is -4.38. The van der Waals surface area contributed by atoms with Gasteiger partial charge >= 0.3 is 6.18 Å². The molecule has 0 unspecified atom stereocenters. The van der Waals surface area contributed by atoms with Gasteiger partial charge in [-0.2, -0.15) is 18.2 Å². The largest absolute Gasteiger partial charge is 0.416 e. The number of nitrogens with zero attached hydrogens (tertiary/aromatic N) is 4. The number of benzene rings is 1. The molecule has 0 amide bonds. The summed E-state index contributed by atoms with van der Waals surface area (Å²) < 4.78 is 48.0. The first kappa shape index (κ1) is 23.1. The number of imidazole rings is 1. The average molecular weight is 474 g/mol. The summed E-state index contributed by atoms with van der Waals surface area (Å²) in [7, 11) is 0. The number of hydrogen-bond acceptors (Lipinski definition) is 5. The Kier molecular flexibility index (Phi) is 6.02. The van der Waals surface area contributed by atoms with E-state index in [0.29, 0.717) is 23.1 Å². The molecule has 1 saturated heterocycles. The number of ether oxygens (including phenoxy) is 1. The van der Waals surface area contributed by atoms with Crippen molar-refractivity contribution >= 4 is 11.6 Å². The standard InChI is InChI=1S/C25H30F3N5O/c1-15-11-29-24-31-23(30-17(3)19-5-4-6-21(16(19)2)25(26,27)28)20-13-32(14-22(20)33(15)24)12-18-7-9-34-10-8-18/h4-6,11,17-18H,7-10,12-14H2,1-3H3,(H,29,30,31)/t17-/m1/s1. The molecule has 1 atom stereocenters. The third-order valence-corrected chi connectivity index (χ3v) is 7.15. The highest BCUT2D eigenvalue weighted by atomic mass is 19.4. The number of nitrogens with one attached hydrogen (secondary N) is 1. The lowest BCUT2D eigenvalue weighted by Crippen LogP contribution is -2.29. The van der Waals surface area contributed by atoms with E-state index in [9.17, 15) is 13.2 Å². The van der Waals surface area contributed by atoms with Crippen LogP contribution in [0.15, 0.2) is 24.4 Å². The van der Waals surface area contributed by atoms with Crippen molar-refractivity contribution < 1.29 is 17.9 Å². The summed E-state index contributed by atoms with van der Waals surface area (Å²) in [4.78, 5) is 11.7. The smallest absolute Gasteiger partial charge is 0.381 e. The van der Waals surface area contributed by atoms with Gasteiger partial charge in [0.1, 0.15) is 5.82 Å². The molecular weight excluding hydrogens is 443 g/mol. The fourth-order valence-electron chi connectivity index (χ4n) is 5.35. The highest BCUT2D eigenvalue weighted by molar-refractivity contribution is 5.56. The van der Waals surface area contributed by atoms with Crippen LogP contribution in [0.4, 0.5) is 19.0 Å². The van der Waals surface area contributed by atoms with Gasteiger partial charge in [0, 0.05) is 49.8 Å². The summed E-state index contributed by atoms with van der Waals surface area (Å²) >= 11 is 0. The Balaban J connectivity index is 1.46. The molecule has 3 aromatic rings. The molecule has 0 aliphatic carbocycles. The molecule has 0 saturated carbocycles. The third-order valence-electron chi connectivity index (χ3n) is 7.15. The molecule has 2 aromatic heterocycles. The quantitative estimate of drug-likeness (QED) is 0.547. The van der Waals surface area contributed by atoms with Crippen LogP contribution in [0.1, 0.15) is 59.4 Å². The molecule has 6 nitrogen and oxygen atoms in total. The SMILES string of the molecule is Cc1c([C@@H](C)Nc2nc3ncc(C)n3c3c2CN(CC2CCOCC2)C3)cccc1C(F)(F)F. The number of alkyl halides is 3. The van der Waals surface area contributed by atoms with Crippen LogP contribution in [-0.4, -0.2) is 39.0 Å². The monoisotopic (exact) mass is 473 g/mol. The molecule has 4 heterocycles. The summed E-state index contributed by atoms with van der Waals surface area (Å²) in [6.45, 7) is 9.62. The van der Waals surface area contributed by atoms with Crippen LogP contribution in [-0.2, 0) is 24.0 Å². The predicted octanol–water partition coefficient (Wildman–Crippen LogP) is 5.28. The summed E-state index contributed by atoms with van der Waals surface area (Å²) in [6, 6.07) is 4.01. The zero-order valence-corrected chi connectivity index (χ0v) is 19.7. The van der Waals surface area contributed by atoms with E-state index < -0.39 is 11.7 Å². The van der Waals surface area contributed by atoms with Gasteiger partial charge in [0.2, 0.25) is 5.78 Å². The van der Waals surface area contributed by atoms with Crippen molar-refractivity contribution in [1.29, 1.82) is 0 Å². The molecule has 34 heavy (non-hydrogen) atoms. The fraction of sp³-hybridized carbons (Fsp3) is 0.520. The molecule has 5 rings (SSSR count). The molecule has 2 aliphatic rings. The average Bonchev–Trinajstić information content (AvgIpc) is 3.37. The Morgan fingerprint density at radius 2 is 1.94 bits per heavy atom. The van der Waals surface area contributed by atoms with E-state index in [-0.39, 0.29) is 11.6 Å². The van der Waals surface area contributed by atoms with Crippen LogP contribution in [0.2, 0.25) is 0 Å². The normalized spacial score (nSPS) is 18.4. The maximum absolute atomic E-state index is 13.5. The zero-order chi connectivity index (χ0) is 24.0. The van der Waals surface area contributed by atoms with E-state index in [0.717, 1.165) is 68.7 Å². The topological polar surface area (TPSA) is 54.7 Å². The van der Waals surface area contributed by atoms with Crippen molar-refractivity contribution in [2.24, 2.45) is 5.92 Å². The molecule has 182 valence electrons. The van der Waals surface area contributed by atoms with Gasteiger partial charge in [-0.15, -0.1) is 0 Å². The van der Waals surface area contributed by atoms with Crippen molar-refractivity contribution in [3.05, 3.63) is 58.0 Å². The van der Waals surface area contributed by atoms with Crippen molar-refractivity contribution in [1.82, 2.24) is 19.3 Å². The van der Waals surface area contributed by atoms with Gasteiger partial charge in [0.05, 0.1) is 17.8 Å². The van der Waals surface area contributed by atoms with Crippen LogP contribution < -0.4 is 5.32 Å². The third kappa shape index (κ3) is 4.27. The maximum atomic E-state index is 13.5. The van der Waals surface area contributed by atoms with E-state index in [1.807, 2.05) is 20.0 Å². The van der Waals surface area contributed by atoms with Crippen molar-refractivity contribution in [3.63, 3.8) is 0 Å². The highest BCUT2D eigenvalue weighted by Gasteiger charge is 2.34. The minimum Gasteiger partial charge on any atom is -0.381 e. The van der Waals surface area contributed by atoms with Gasteiger partial charge in [-0.25, -0.2) is 4.98 Å². The number of halogens is 3. The minimum absolute atomic E-state index is 0.241. The van der Waals surface area contributed by atoms with Gasteiger partial charge in [-0.3, -0.25) is 9.30 Å². The second-order valence-corrected chi connectivity index (χ2v) is 9.53. The van der Waals surface area contributed by atoms with Gasteiger partial charge < -0.3 is 10.1 Å². The van der Waals surface area contributed by atoms with Gasteiger partial charge in [0.25, 0.3) is 0 Å². The summed E-state index contributed by atoms with van der Waals surface area (Å²) in [6.07, 6.45) is -0.423. The number of aromatic nitrogens is 3. The van der Waals surface area contributed by atoms with Gasteiger partial charge in [-0.1, -0.05) is 12.1 Å². The Labute approximate surface area is 197 Å². The lowest BCUT2D eigenvalue weighted by Gasteiger charge is -2.26. The lowest BCUT2D eigenvalue weighted by molar-refractivity contribution is -0.138. The molecule has 1 N–H and O–H groups in total. The fourth-order valence-corrected chi connectivity index (χ4v) is 5.35. The van der Waals surface area contributed by atoms with Crippen LogP contribution in [0.5, 0.6) is 0 Å². The molecular formula is C25H30F3N5O. The van der Waals surface area contributed by atoms with E-state index in [2.05, 4.69) is 19.6 Å². The predicted molar refractivity (Wildman–Crippen MR) is 124 cm³/mol. The molecule has 2 aliphatic heterocycles. The lowest BCUT2D eigenvalue weighted by atomic mass is 9.97.